The predicted molar refractivity (Wildman–Crippen MR) is 73.1 cm³/mol. The van der Waals surface area contributed by atoms with Crippen LogP contribution in [-0.4, -0.2) is 43.8 Å². The van der Waals surface area contributed by atoms with Crippen molar-refractivity contribution in [2.45, 2.75) is 11.8 Å². The molecule has 0 saturated carbocycles. The Kier molecular flexibility index (Phi) is 3.84. The van der Waals surface area contributed by atoms with Gasteiger partial charge in [-0.1, -0.05) is 24.3 Å². The normalized spacial score (nSPS) is 16.6. The predicted octanol–water partition coefficient (Wildman–Crippen LogP) is 0.430. The van der Waals surface area contributed by atoms with Gasteiger partial charge in [-0.25, -0.2) is 0 Å². The van der Waals surface area contributed by atoms with E-state index in [-0.39, 0.29) is 10.6 Å². The summed E-state index contributed by atoms with van der Waals surface area (Å²) in [6, 6.07) is 5.93. The van der Waals surface area contributed by atoms with E-state index < -0.39 is 28.5 Å². The molecule has 0 atom stereocenters. The second kappa shape index (κ2) is 5.30. The Labute approximate surface area is 122 Å². The van der Waals surface area contributed by atoms with Gasteiger partial charge in [-0.2, -0.15) is 13.5 Å². The van der Waals surface area contributed by atoms with E-state index in [2.05, 4.69) is 6.58 Å². The van der Waals surface area contributed by atoms with E-state index in [1.165, 1.54) is 19.2 Å². The highest BCUT2D eigenvalue weighted by Crippen LogP contribution is 2.19. The molecule has 2 rings (SSSR count). The molecule has 0 aliphatic carbocycles. The molecule has 7 nitrogen and oxygen atoms in total. The molecular formula is C13H14N2O5S. The zero-order valence-electron chi connectivity index (χ0n) is 11.6. The summed E-state index contributed by atoms with van der Waals surface area (Å²) in [5.74, 6) is -1.26. The van der Waals surface area contributed by atoms with Gasteiger partial charge in [0.1, 0.15) is 12.2 Å². The molecular weight excluding hydrogens is 296 g/mol. The van der Waals surface area contributed by atoms with Gasteiger partial charge in [-0.3, -0.25) is 9.59 Å². The summed E-state index contributed by atoms with van der Waals surface area (Å²) < 4.78 is 28.9. The number of benzene rings is 1. The molecule has 1 saturated heterocycles. The molecule has 1 heterocycles. The minimum atomic E-state index is -4.18. The fraction of sp³-hybridized carbons (Fsp3) is 0.231. The summed E-state index contributed by atoms with van der Waals surface area (Å²) >= 11 is 0. The lowest BCUT2D eigenvalue weighted by Gasteiger charge is -2.31. The summed E-state index contributed by atoms with van der Waals surface area (Å²) in [6.07, 6.45) is 0. The summed E-state index contributed by atoms with van der Waals surface area (Å²) in [7, 11) is -2.80. The summed E-state index contributed by atoms with van der Waals surface area (Å²) in [4.78, 5) is 24.5. The zero-order valence-corrected chi connectivity index (χ0v) is 12.4. The van der Waals surface area contributed by atoms with Crippen LogP contribution in [0.1, 0.15) is 5.56 Å². The van der Waals surface area contributed by atoms with Gasteiger partial charge in [-0.05, 0) is 19.1 Å². The molecule has 0 N–H and O–H groups in total. The topological polar surface area (TPSA) is 84.0 Å². The molecule has 1 aromatic rings. The zero-order chi connectivity index (χ0) is 15.8. The highest BCUT2D eigenvalue weighted by molar-refractivity contribution is 7.86. The van der Waals surface area contributed by atoms with Crippen LogP contribution in [0, 0.1) is 6.92 Å². The smallest absolute Gasteiger partial charge is 0.309 e. The standard InChI is InChI=1S/C13H14N2O5S/c1-9-4-6-11(7-5-9)21(18,19)20-15-8-12(16)14(3)10(2)13(15)17/h4-7H,2,8H2,1,3H3. The Balaban J connectivity index is 2.24. The van der Waals surface area contributed by atoms with E-state index in [4.69, 9.17) is 4.28 Å². The number of nitrogens with zero attached hydrogens (tertiary/aromatic N) is 2. The van der Waals surface area contributed by atoms with Crippen molar-refractivity contribution in [3.8, 4) is 0 Å². The van der Waals surface area contributed by atoms with Crippen molar-refractivity contribution in [1.82, 2.24) is 9.96 Å². The lowest BCUT2D eigenvalue weighted by Crippen LogP contribution is -2.50. The molecule has 1 fully saturated rings. The number of hydrogen-bond acceptors (Lipinski definition) is 5. The molecule has 0 aromatic heterocycles. The summed E-state index contributed by atoms with van der Waals surface area (Å²) in [5.41, 5.74) is 0.735. The van der Waals surface area contributed by atoms with Crippen molar-refractivity contribution < 1.29 is 22.3 Å². The van der Waals surface area contributed by atoms with Gasteiger partial charge in [0.15, 0.2) is 0 Å². The Morgan fingerprint density at radius 2 is 1.76 bits per heavy atom. The molecule has 21 heavy (non-hydrogen) atoms. The Bertz CT molecular complexity index is 709. The number of aryl methyl sites for hydroxylation is 1. The summed E-state index contributed by atoms with van der Waals surface area (Å²) in [5, 5.41) is 0.500. The van der Waals surface area contributed by atoms with Gasteiger partial charge in [0, 0.05) is 7.05 Å². The van der Waals surface area contributed by atoms with Crippen molar-refractivity contribution in [1.29, 1.82) is 0 Å². The number of hydroxylamine groups is 2. The Morgan fingerprint density at radius 3 is 2.33 bits per heavy atom. The van der Waals surface area contributed by atoms with Gasteiger partial charge in [0.05, 0.1) is 4.90 Å². The van der Waals surface area contributed by atoms with Crippen LogP contribution in [0.25, 0.3) is 0 Å². The van der Waals surface area contributed by atoms with Crippen LogP contribution in [0.15, 0.2) is 41.4 Å². The van der Waals surface area contributed by atoms with E-state index in [0.717, 1.165) is 10.5 Å². The van der Waals surface area contributed by atoms with Gasteiger partial charge < -0.3 is 4.90 Å². The molecule has 2 amide bonds. The third-order valence-corrected chi connectivity index (χ3v) is 4.25. The maximum atomic E-state index is 12.1. The quantitative estimate of drug-likeness (QED) is 0.756. The average Bonchev–Trinajstić information content (AvgIpc) is 2.42. The number of carbonyl (C=O) groups is 2. The third-order valence-electron chi connectivity index (χ3n) is 3.03. The van der Waals surface area contributed by atoms with E-state index in [1.807, 2.05) is 6.92 Å². The first-order chi connectivity index (χ1) is 9.72. The van der Waals surface area contributed by atoms with Crippen LogP contribution in [0.2, 0.25) is 0 Å². The summed E-state index contributed by atoms with van der Waals surface area (Å²) in [6.45, 7) is 4.75. The number of carbonyl (C=O) groups excluding carboxylic acids is 2. The lowest BCUT2D eigenvalue weighted by molar-refractivity contribution is -0.166. The highest BCUT2D eigenvalue weighted by atomic mass is 32.2. The molecule has 1 aromatic carbocycles. The molecule has 0 bridgehead atoms. The number of hydrogen-bond donors (Lipinski definition) is 0. The van der Waals surface area contributed by atoms with Gasteiger partial charge in [-0.15, -0.1) is 4.28 Å². The first kappa shape index (κ1) is 15.2. The maximum absolute atomic E-state index is 12.1. The number of rotatable bonds is 3. The fourth-order valence-electron chi connectivity index (χ4n) is 1.67. The van der Waals surface area contributed by atoms with Crippen molar-refractivity contribution >= 4 is 21.9 Å². The molecule has 1 aliphatic rings. The van der Waals surface area contributed by atoms with E-state index in [9.17, 15) is 18.0 Å². The van der Waals surface area contributed by atoms with Crippen molar-refractivity contribution in [3.63, 3.8) is 0 Å². The Morgan fingerprint density at radius 1 is 1.19 bits per heavy atom. The second-order valence-corrected chi connectivity index (χ2v) is 6.11. The van der Waals surface area contributed by atoms with Crippen molar-refractivity contribution in [2.75, 3.05) is 13.6 Å². The fourth-order valence-corrected chi connectivity index (χ4v) is 2.58. The van der Waals surface area contributed by atoms with E-state index >= 15 is 0 Å². The minimum absolute atomic E-state index is 0.0992. The van der Waals surface area contributed by atoms with Crippen LogP contribution in [-0.2, 0) is 24.0 Å². The van der Waals surface area contributed by atoms with Crippen molar-refractivity contribution in [2.24, 2.45) is 0 Å². The molecule has 0 unspecified atom stereocenters. The maximum Gasteiger partial charge on any atom is 0.317 e. The van der Waals surface area contributed by atoms with Gasteiger partial charge in [0.2, 0.25) is 5.91 Å². The van der Waals surface area contributed by atoms with Crippen LogP contribution in [0.5, 0.6) is 0 Å². The minimum Gasteiger partial charge on any atom is -0.309 e. The molecule has 0 radical (unpaired) electrons. The van der Waals surface area contributed by atoms with E-state index in [0.29, 0.717) is 5.06 Å². The first-order valence-corrected chi connectivity index (χ1v) is 7.42. The average molecular weight is 310 g/mol. The number of likely N-dealkylation sites (N-methyl/N-ethyl adjacent to an activating group) is 1. The third kappa shape index (κ3) is 2.96. The molecule has 0 spiro atoms. The van der Waals surface area contributed by atoms with E-state index in [1.54, 1.807) is 12.1 Å². The van der Waals surface area contributed by atoms with Crippen molar-refractivity contribution in [3.05, 3.63) is 42.1 Å². The number of amides is 2. The van der Waals surface area contributed by atoms with Crippen LogP contribution in [0.3, 0.4) is 0 Å². The number of piperazine rings is 1. The second-order valence-electron chi connectivity index (χ2n) is 4.58. The van der Waals surface area contributed by atoms with Crippen LogP contribution >= 0.6 is 0 Å². The van der Waals surface area contributed by atoms with Gasteiger partial charge in [0.25, 0.3) is 5.91 Å². The highest BCUT2D eigenvalue weighted by Gasteiger charge is 2.35. The van der Waals surface area contributed by atoms with Crippen LogP contribution in [0.4, 0.5) is 0 Å². The first-order valence-electron chi connectivity index (χ1n) is 6.01. The Hall–Kier alpha value is -2.19. The SMILES string of the molecule is C=C1C(=O)N(OS(=O)(=O)c2ccc(C)cc2)CC(=O)N1C. The molecule has 112 valence electrons. The lowest BCUT2D eigenvalue weighted by atomic mass is 10.2. The molecule has 8 heteroatoms. The molecule has 1 aliphatic heterocycles. The van der Waals surface area contributed by atoms with Crippen LogP contribution < -0.4 is 0 Å². The monoisotopic (exact) mass is 310 g/mol. The largest absolute Gasteiger partial charge is 0.317 e. The van der Waals surface area contributed by atoms with Gasteiger partial charge >= 0.3 is 10.1 Å².